The van der Waals surface area contributed by atoms with Gasteiger partial charge in [-0.3, -0.25) is 9.59 Å². The van der Waals surface area contributed by atoms with Crippen LogP contribution in [0, 0.1) is 0 Å². The summed E-state index contributed by atoms with van der Waals surface area (Å²) in [7, 11) is 2.13. The van der Waals surface area contributed by atoms with Crippen molar-refractivity contribution in [2.45, 2.75) is 55.7 Å². The van der Waals surface area contributed by atoms with Crippen molar-refractivity contribution >= 4 is 11.7 Å². The van der Waals surface area contributed by atoms with Gasteiger partial charge in [-0.2, -0.15) is 0 Å². The zero-order valence-electron chi connectivity index (χ0n) is 17.1. The summed E-state index contributed by atoms with van der Waals surface area (Å²) in [5.74, 6) is 0.0537. The molecule has 1 aromatic heterocycles. The molecule has 2 aromatic rings. The molecule has 1 saturated carbocycles. The Kier molecular flexibility index (Phi) is 3.98. The van der Waals surface area contributed by atoms with Crippen LogP contribution in [0.25, 0.3) is 0 Å². The summed E-state index contributed by atoms with van der Waals surface area (Å²) in [6.45, 7) is 1.37. The molecule has 4 N–H and O–H groups in total. The van der Waals surface area contributed by atoms with Crippen molar-refractivity contribution in [3.8, 4) is 5.75 Å². The molecule has 2 aliphatic carbocycles. The van der Waals surface area contributed by atoms with Crippen molar-refractivity contribution in [1.29, 1.82) is 0 Å². The second kappa shape index (κ2) is 6.18. The van der Waals surface area contributed by atoms with Crippen molar-refractivity contribution < 1.29 is 28.7 Å². The van der Waals surface area contributed by atoms with Gasteiger partial charge in [-0.15, -0.1) is 0 Å². The summed E-state index contributed by atoms with van der Waals surface area (Å²) in [6.07, 6.45) is 3.58. The van der Waals surface area contributed by atoms with Crippen LogP contribution in [0.4, 0.5) is 0 Å². The van der Waals surface area contributed by atoms with Gasteiger partial charge in [0.2, 0.25) is 0 Å². The smallest absolute Gasteiger partial charge is 0.252 e. The maximum Gasteiger partial charge on any atom is 0.252 e. The largest absolute Gasteiger partial charge is 0.507 e. The van der Waals surface area contributed by atoms with Gasteiger partial charge >= 0.3 is 0 Å². The van der Waals surface area contributed by atoms with Crippen LogP contribution in [-0.4, -0.2) is 51.6 Å². The Bertz CT molecular complexity index is 1050. The molecule has 2 fully saturated rings. The molecule has 7 nitrogen and oxygen atoms in total. The number of hydrogen-bond acceptors (Lipinski definition) is 5. The van der Waals surface area contributed by atoms with Gasteiger partial charge in [0.25, 0.3) is 5.91 Å². The van der Waals surface area contributed by atoms with E-state index in [1.807, 2.05) is 18.2 Å². The van der Waals surface area contributed by atoms with Crippen LogP contribution in [0.3, 0.4) is 0 Å². The highest BCUT2D eigenvalue weighted by Gasteiger charge is 2.70. The highest BCUT2D eigenvalue weighted by molar-refractivity contribution is 5.96. The number of ketones is 1. The fraction of sp³-hybridized carbons (Fsp3) is 0.478. The van der Waals surface area contributed by atoms with Crippen LogP contribution in [0.15, 0.2) is 34.9 Å². The number of carbonyl (C=O) groups excluding carboxylic acids is 2. The van der Waals surface area contributed by atoms with Crippen LogP contribution in [0.2, 0.25) is 0 Å². The molecule has 1 amide bonds. The number of aromatic hydroxyl groups is 1. The summed E-state index contributed by atoms with van der Waals surface area (Å²) in [5, 5.41) is 23.3. The van der Waals surface area contributed by atoms with Crippen molar-refractivity contribution in [3.63, 3.8) is 0 Å². The molecule has 30 heavy (non-hydrogen) atoms. The van der Waals surface area contributed by atoms with Gasteiger partial charge in [-0.05, 0) is 30.2 Å². The van der Waals surface area contributed by atoms with Crippen LogP contribution >= 0.6 is 0 Å². The topological polar surface area (TPSA) is 114 Å². The van der Waals surface area contributed by atoms with E-state index in [0.29, 0.717) is 42.3 Å². The summed E-state index contributed by atoms with van der Waals surface area (Å²) < 4.78 is 6.21. The number of fused-ring (bicyclic) bond motifs is 1. The van der Waals surface area contributed by atoms with Crippen molar-refractivity contribution in [1.82, 2.24) is 0 Å². The molecule has 3 aliphatic rings. The summed E-state index contributed by atoms with van der Waals surface area (Å²) in [6, 6.07) is 7.03. The summed E-state index contributed by atoms with van der Waals surface area (Å²) >= 11 is 0. The fourth-order valence-electron chi connectivity index (χ4n) is 6.57. The molecule has 0 spiro atoms. The van der Waals surface area contributed by atoms with Crippen LogP contribution < -0.4 is 5.73 Å². The predicted molar refractivity (Wildman–Crippen MR) is 108 cm³/mol. The van der Waals surface area contributed by atoms with E-state index >= 15 is 0 Å². The van der Waals surface area contributed by atoms with Gasteiger partial charge in [-0.1, -0.05) is 6.07 Å². The second-order valence-electron chi connectivity index (χ2n) is 9.49. The normalized spacial score (nSPS) is 34.9. The Balaban J connectivity index is 1.71. The third-order valence-corrected chi connectivity index (χ3v) is 7.98. The lowest BCUT2D eigenvalue weighted by atomic mass is 9.48. The first kappa shape index (κ1) is 19.3. The number of hydrogen-bond donors (Lipinski definition) is 3. The molecule has 7 heteroatoms. The number of carbonyl (C=O) groups is 2. The van der Waals surface area contributed by atoms with E-state index in [2.05, 4.69) is 7.05 Å². The lowest BCUT2D eigenvalue weighted by Crippen LogP contribution is -2.77. The van der Waals surface area contributed by atoms with Crippen molar-refractivity contribution in [3.05, 3.63) is 53.0 Å². The zero-order chi connectivity index (χ0) is 21.3. The zero-order valence-corrected chi connectivity index (χ0v) is 17.1. The minimum atomic E-state index is -1.17. The van der Waals surface area contributed by atoms with Crippen LogP contribution in [0.5, 0.6) is 5.75 Å². The predicted octanol–water partition coefficient (Wildman–Crippen LogP) is 1.78. The monoisotopic (exact) mass is 411 g/mol. The SMILES string of the molecule is C[N+]1(Cc2ccco2)CCC23CC(=O)CCC2(O)C1Cc1ccc(C(N)=O)c(O)c13. The molecule has 4 atom stereocenters. The van der Waals surface area contributed by atoms with Gasteiger partial charge in [0.05, 0.1) is 25.4 Å². The van der Waals surface area contributed by atoms with E-state index in [4.69, 9.17) is 10.2 Å². The van der Waals surface area contributed by atoms with Gasteiger partial charge < -0.3 is 24.8 Å². The van der Waals surface area contributed by atoms with Crippen LogP contribution in [-0.2, 0) is 23.2 Å². The fourth-order valence-corrected chi connectivity index (χ4v) is 6.57. The summed E-state index contributed by atoms with van der Waals surface area (Å²) in [4.78, 5) is 24.5. The van der Waals surface area contributed by atoms with E-state index < -0.39 is 16.9 Å². The first-order chi connectivity index (χ1) is 14.2. The van der Waals surface area contributed by atoms with Crippen molar-refractivity contribution in [2.75, 3.05) is 13.6 Å². The average molecular weight is 411 g/mol. The molecule has 1 aliphatic heterocycles. The minimum absolute atomic E-state index is 0.0420. The van der Waals surface area contributed by atoms with Gasteiger partial charge in [0.1, 0.15) is 29.7 Å². The third-order valence-electron chi connectivity index (χ3n) is 7.98. The number of primary amides is 1. The Hall–Kier alpha value is -2.64. The van der Waals surface area contributed by atoms with Gasteiger partial charge in [0, 0.05) is 36.7 Å². The number of nitrogens with zero attached hydrogens (tertiary/aromatic N) is 1. The van der Waals surface area contributed by atoms with E-state index in [9.17, 15) is 19.8 Å². The number of amides is 1. The maximum atomic E-state index is 12.6. The number of phenols is 1. The lowest BCUT2D eigenvalue weighted by molar-refractivity contribution is -0.961. The Morgan fingerprint density at radius 3 is 2.83 bits per heavy atom. The van der Waals surface area contributed by atoms with E-state index in [0.717, 1.165) is 17.9 Å². The molecule has 2 bridgehead atoms. The first-order valence-corrected chi connectivity index (χ1v) is 10.5. The van der Waals surface area contributed by atoms with E-state index in [1.165, 1.54) is 0 Å². The number of nitrogens with two attached hydrogens (primary N) is 1. The molecule has 2 heterocycles. The highest BCUT2D eigenvalue weighted by Crippen LogP contribution is 2.61. The number of aliphatic hydroxyl groups is 1. The molecule has 1 aromatic carbocycles. The number of furan rings is 1. The summed E-state index contributed by atoms with van der Waals surface area (Å²) in [5.41, 5.74) is 4.88. The van der Waals surface area contributed by atoms with E-state index in [1.54, 1.807) is 12.3 Å². The Morgan fingerprint density at radius 2 is 2.13 bits per heavy atom. The Labute approximate surface area is 174 Å². The lowest BCUT2D eigenvalue weighted by Gasteiger charge is -2.64. The van der Waals surface area contributed by atoms with Crippen molar-refractivity contribution in [2.24, 2.45) is 5.73 Å². The third kappa shape index (κ3) is 2.39. The molecular weight excluding hydrogens is 384 g/mol. The molecule has 1 saturated heterocycles. The Morgan fingerprint density at radius 1 is 1.33 bits per heavy atom. The number of Topliss-reactive ketones (excluding diaryl/α,β-unsaturated/α-hetero) is 1. The average Bonchev–Trinajstić information content (AvgIpc) is 3.18. The standard InChI is InChI=1S/C23H26N2O5/c1-25(13-16-3-2-10-30-16)9-8-22-12-15(26)6-7-23(22,29)18(25)11-14-4-5-17(21(24)28)20(27)19(14)22/h2-5,10,18,29H,6-9,11-13H2,1H3,(H2-,24,27,28)/p+1. The quantitative estimate of drug-likeness (QED) is 0.666. The minimum Gasteiger partial charge on any atom is -0.507 e. The van der Waals surface area contributed by atoms with Crippen LogP contribution in [0.1, 0.15) is 52.9 Å². The second-order valence-corrected chi connectivity index (χ2v) is 9.49. The molecular formula is C23H27N2O5+. The molecule has 5 rings (SSSR count). The number of quaternary nitrogens is 1. The van der Waals surface area contributed by atoms with Gasteiger partial charge in [-0.25, -0.2) is 0 Å². The first-order valence-electron chi connectivity index (χ1n) is 10.5. The number of piperidine rings is 1. The highest BCUT2D eigenvalue weighted by atomic mass is 16.3. The number of rotatable bonds is 3. The number of likely N-dealkylation sites (N-methyl/N-ethyl adjacent to an activating group) is 1. The van der Waals surface area contributed by atoms with Gasteiger partial charge in [0.15, 0.2) is 5.76 Å². The van der Waals surface area contributed by atoms with E-state index in [-0.39, 0.29) is 29.6 Å². The molecule has 158 valence electrons. The molecule has 0 radical (unpaired) electrons. The number of likely N-dealkylation sites (tertiary alicyclic amines) is 1. The molecule has 4 unspecified atom stereocenters. The number of benzene rings is 1. The maximum absolute atomic E-state index is 12.6.